The molecule has 1 saturated heterocycles. The summed E-state index contributed by atoms with van der Waals surface area (Å²) in [5.74, 6) is -0.0278. The average Bonchev–Trinajstić information content (AvgIpc) is 3.11. The van der Waals surface area contributed by atoms with Crippen LogP contribution in [0.4, 0.5) is 0 Å². The standard InChI is InChI=1S/C13H23NO5S/c1-18-13(15)3-2-8-20(16,17)14(12-4-5-12)9-11-6-7-19-10-11/h11-12H,2-10H2,1H3. The molecule has 1 saturated carbocycles. The first-order chi connectivity index (χ1) is 9.53. The van der Waals surface area contributed by atoms with Gasteiger partial charge in [-0.25, -0.2) is 8.42 Å². The van der Waals surface area contributed by atoms with Crippen molar-refractivity contribution in [3.05, 3.63) is 0 Å². The summed E-state index contributed by atoms with van der Waals surface area (Å²) in [6.07, 6.45) is 3.30. The molecule has 0 bridgehead atoms. The smallest absolute Gasteiger partial charge is 0.305 e. The van der Waals surface area contributed by atoms with Crippen LogP contribution < -0.4 is 0 Å². The number of hydrogen-bond acceptors (Lipinski definition) is 5. The molecule has 1 atom stereocenters. The fourth-order valence-corrected chi connectivity index (χ4v) is 4.30. The van der Waals surface area contributed by atoms with Crippen molar-refractivity contribution < 1.29 is 22.7 Å². The molecule has 0 aromatic heterocycles. The van der Waals surface area contributed by atoms with Gasteiger partial charge in [0.15, 0.2) is 0 Å². The second kappa shape index (κ2) is 6.87. The Kier molecular flexibility index (Phi) is 5.40. The van der Waals surface area contributed by atoms with Crippen molar-refractivity contribution in [2.45, 2.75) is 38.1 Å². The highest BCUT2D eigenvalue weighted by Crippen LogP contribution is 2.31. The predicted octanol–water partition coefficient (Wildman–Crippen LogP) is 0.770. The molecule has 0 radical (unpaired) electrons. The number of hydrogen-bond donors (Lipinski definition) is 0. The maximum absolute atomic E-state index is 12.4. The van der Waals surface area contributed by atoms with Crippen LogP contribution in [-0.2, 0) is 24.3 Å². The lowest BCUT2D eigenvalue weighted by molar-refractivity contribution is -0.140. The second-order valence-corrected chi connectivity index (χ2v) is 7.57. The molecule has 1 heterocycles. The molecule has 0 amide bonds. The summed E-state index contributed by atoms with van der Waals surface area (Å²) in [7, 11) is -1.97. The number of nitrogens with zero attached hydrogens (tertiary/aromatic N) is 1. The van der Waals surface area contributed by atoms with E-state index < -0.39 is 10.0 Å². The number of methoxy groups -OCH3 is 1. The van der Waals surface area contributed by atoms with Gasteiger partial charge in [-0.15, -0.1) is 0 Å². The van der Waals surface area contributed by atoms with Crippen LogP contribution in [0.2, 0.25) is 0 Å². The zero-order valence-electron chi connectivity index (χ0n) is 11.9. The Hall–Kier alpha value is -0.660. The molecular formula is C13H23NO5S. The van der Waals surface area contributed by atoms with Gasteiger partial charge in [0.05, 0.1) is 19.5 Å². The minimum atomic E-state index is -3.28. The summed E-state index contributed by atoms with van der Waals surface area (Å²) >= 11 is 0. The van der Waals surface area contributed by atoms with E-state index in [-0.39, 0.29) is 24.2 Å². The SMILES string of the molecule is COC(=O)CCCS(=O)(=O)N(CC1CCOC1)C1CC1. The van der Waals surface area contributed by atoms with Crippen LogP contribution in [0.1, 0.15) is 32.1 Å². The van der Waals surface area contributed by atoms with Gasteiger partial charge in [0.1, 0.15) is 0 Å². The van der Waals surface area contributed by atoms with E-state index in [1.165, 1.54) is 7.11 Å². The molecule has 116 valence electrons. The first-order valence-corrected chi connectivity index (χ1v) is 8.78. The van der Waals surface area contributed by atoms with Crippen LogP contribution in [0, 0.1) is 5.92 Å². The van der Waals surface area contributed by atoms with E-state index in [4.69, 9.17) is 4.74 Å². The van der Waals surface area contributed by atoms with Crippen LogP contribution in [0.25, 0.3) is 0 Å². The summed E-state index contributed by atoms with van der Waals surface area (Å²) in [5.41, 5.74) is 0. The number of carbonyl (C=O) groups excluding carboxylic acids is 1. The zero-order chi connectivity index (χ0) is 14.6. The molecule has 2 aliphatic rings. The minimum Gasteiger partial charge on any atom is -0.469 e. The Balaban J connectivity index is 1.87. The van der Waals surface area contributed by atoms with Crippen LogP contribution in [0.3, 0.4) is 0 Å². The van der Waals surface area contributed by atoms with Crippen LogP contribution >= 0.6 is 0 Å². The van der Waals surface area contributed by atoms with Crippen molar-refractivity contribution >= 4 is 16.0 Å². The summed E-state index contributed by atoms with van der Waals surface area (Å²) < 4.78 is 36.3. The molecule has 0 spiro atoms. The van der Waals surface area contributed by atoms with Crippen LogP contribution in [0.5, 0.6) is 0 Å². The number of ether oxygens (including phenoxy) is 2. The highest BCUT2D eigenvalue weighted by molar-refractivity contribution is 7.89. The van der Waals surface area contributed by atoms with Gasteiger partial charge in [0.25, 0.3) is 0 Å². The van der Waals surface area contributed by atoms with Gasteiger partial charge in [-0.05, 0) is 31.6 Å². The predicted molar refractivity (Wildman–Crippen MR) is 73.7 cm³/mol. The lowest BCUT2D eigenvalue weighted by Gasteiger charge is -2.24. The molecule has 20 heavy (non-hydrogen) atoms. The van der Waals surface area contributed by atoms with Crippen molar-refractivity contribution in [1.29, 1.82) is 0 Å². The van der Waals surface area contributed by atoms with Gasteiger partial charge in [-0.3, -0.25) is 4.79 Å². The highest BCUT2D eigenvalue weighted by atomic mass is 32.2. The molecule has 2 rings (SSSR count). The minimum absolute atomic E-state index is 0.0200. The molecule has 2 fully saturated rings. The lowest BCUT2D eigenvalue weighted by Crippen LogP contribution is -2.39. The fraction of sp³-hybridized carbons (Fsp3) is 0.923. The number of sulfonamides is 1. The quantitative estimate of drug-likeness (QED) is 0.619. The maximum Gasteiger partial charge on any atom is 0.305 e. The van der Waals surface area contributed by atoms with Gasteiger partial charge >= 0.3 is 5.97 Å². The molecule has 1 unspecified atom stereocenters. The Labute approximate surface area is 120 Å². The molecule has 1 aliphatic carbocycles. The van der Waals surface area contributed by atoms with E-state index in [1.54, 1.807) is 4.31 Å². The third-order valence-corrected chi connectivity index (χ3v) is 5.75. The van der Waals surface area contributed by atoms with Crippen molar-refractivity contribution in [2.24, 2.45) is 5.92 Å². The van der Waals surface area contributed by atoms with Gasteiger partial charge in [-0.1, -0.05) is 0 Å². The normalized spacial score (nSPS) is 23.2. The third-order valence-electron chi connectivity index (χ3n) is 3.78. The van der Waals surface area contributed by atoms with E-state index in [0.717, 1.165) is 25.9 Å². The van der Waals surface area contributed by atoms with Gasteiger partial charge in [-0.2, -0.15) is 4.31 Å². The summed E-state index contributed by atoms with van der Waals surface area (Å²) in [5, 5.41) is 0. The van der Waals surface area contributed by atoms with Gasteiger partial charge < -0.3 is 9.47 Å². The summed E-state index contributed by atoms with van der Waals surface area (Å²) in [6.45, 7) is 1.94. The topological polar surface area (TPSA) is 72.9 Å². The summed E-state index contributed by atoms with van der Waals surface area (Å²) in [4.78, 5) is 11.0. The van der Waals surface area contributed by atoms with Crippen molar-refractivity contribution in [1.82, 2.24) is 4.31 Å². The Morgan fingerprint density at radius 2 is 2.10 bits per heavy atom. The molecular weight excluding hydrogens is 282 g/mol. The first-order valence-electron chi connectivity index (χ1n) is 7.17. The Morgan fingerprint density at radius 3 is 2.65 bits per heavy atom. The molecule has 1 aliphatic heterocycles. The van der Waals surface area contributed by atoms with E-state index in [9.17, 15) is 13.2 Å². The first kappa shape index (κ1) is 15.7. The largest absolute Gasteiger partial charge is 0.469 e. The number of rotatable bonds is 8. The molecule has 0 aromatic carbocycles. The van der Waals surface area contributed by atoms with Crippen molar-refractivity contribution in [3.8, 4) is 0 Å². The molecule has 0 N–H and O–H groups in total. The lowest BCUT2D eigenvalue weighted by atomic mass is 10.1. The van der Waals surface area contributed by atoms with E-state index in [2.05, 4.69) is 4.74 Å². The molecule has 6 nitrogen and oxygen atoms in total. The zero-order valence-corrected chi connectivity index (χ0v) is 12.7. The third kappa shape index (κ3) is 4.43. The fourth-order valence-electron chi connectivity index (χ4n) is 2.45. The number of carbonyl (C=O) groups is 1. The van der Waals surface area contributed by atoms with Crippen molar-refractivity contribution in [2.75, 3.05) is 32.6 Å². The second-order valence-electron chi connectivity index (χ2n) is 5.53. The van der Waals surface area contributed by atoms with Gasteiger partial charge in [0, 0.05) is 25.6 Å². The molecule has 7 heteroatoms. The number of esters is 1. The van der Waals surface area contributed by atoms with Crippen LogP contribution in [-0.4, -0.2) is 57.4 Å². The average molecular weight is 305 g/mol. The summed E-state index contributed by atoms with van der Waals surface area (Å²) in [6, 6.07) is 0.165. The van der Waals surface area contributed by atoms with E-state index >= 15 is 0 Å². The van der Waals surface area contributed by atoms with E-state index in [0.29, 0.717) is 25.5 Å². The highest BCUT2D eigenvalue weighted by Gasteiger charge is 2.38. The monoisotopic (exact) mass is 305 g/mol. The molecule has 0 aromatic rings. The maximum atomic E-state index is 12.4. The van der Waals surface area contributed by atoms with Crippen LogP contribution in [0.15, 0.2) is 0 Å². The Morgan fingerprint density at radius 1 is 1.35 bits per heavy atom. The Bertz CT molecular complexity index is 426. The van der Waals surface area contributed by atoms with Crippen molar-refractivity contribution in [3.63, 3.8) is 0 Å². The van der Waals surface area contributed by atoms with Gasteiger partial charge in [0.2, 0.25) is 10.0 Å². The van der Waals surface area contributed by atoms with E-state index in [1.807, 2.05) is 0 Å².